The molecule has 0 aliphatic heterocycles. The minimum absolute atomic E-state index is 0.837. The van der Waals surface area contributed by atoms with Crippen LogP contribution in [0.4, 0.5) is 0 Å². The minimum Gasteiger partial charge on any atom is -0.386 e. The molecule has 1 unspecified atom stereocenters. The molecule has 0 heterocycles. The molecular weight excluding hydrogens is 260 g/mol. The summed E-state index contributed by atoms with van der Waals surface area (Å²) in [6, 6.07) is 19.3. The summed E-state index contributed by atoms with van der Waals surface area (Å²) >= 11 is 0. The summed E-state index contributed by atoms with van der Waals surface area (Å²) in [5.41, 5.74) is -0.503. The third-order valence-electron chi connectivity index (χ3n) is 3.50. The van der Waals surface area contributed by atoms with Gasteiger partial charge >= 0.3 is 0 Å². The molecule has 108 valence electrons. The van der Waals surface area contributed by atoms with Crippen molar-refractivity contribution in [3.05, 3.63) is 71.8 Å². The summed E-state index contributed by atoms with van der Waals surface area (Å²) in [5.74, 6) is 6.24. The first kappa shape index (κ1) is 15.3. The fraction of sp³-hybridized carbons (Fsp3) is 0.263. The van der Waals surface area contributed by atoms with Gasteiger partial charge in [0.05, 0.1) is 0 Å². The van der Waals surface area contributed by atoms with E-state index in [9.17, 15) is 5.11 Å². The lowest BCUT2D eigenvalue weighted by atomic mass is 9.80. The molecule has 0 amide bonds. The van der Waals surface area contributed by atoms with Crippen LogP contribution in [0.15, 0.2) is 60.7 Å². The third-order valence-corrected chi connectivity index (χ3v) is 3.50. The Labute approximate surface area is 126 Å². The smallest absolute Gasteiger partial charge is 0.181 e. The van der Waals surface area contributed by atoms with E-state index in [2.05, 4.69) is 11.8 Å². The number of methoxy groups -OCH3 is 1. The van der Waals surface area contributed by atoms with E-state index in [1.54, 1.807) is 21.0 Å². The SMILES string of the molecule is COC(C#Cc1ccccc1)(c1ccccc1)C(C)(C)O. The minimum atomic E-state index is -1.15. The van der Waals surface area contributed by atoms with Gasteiger partial charge in [0.2, 0.25) is 0 Å². The van der Waals surface area contributed by atoms with E-state index in [-0.39, 0.29) is 0 Å². The Balaban J connectivity index is 2.55. The van der Waals surface area contributed by atoms with E-state index in [0.717, 1.165) is 11.1 Å². The van der Waals surface area contributed by atoms with Crippen LogP contribution in [0.25, 0.3) is 0 Å². The number of ether oxygens (including phenoxy) is 1. The Bertz CT molecular complexity index is 630. The maximum atomic E-state index is 10.6. The molecule has 2 aromatic carbocycles. The molecule has 0 fully saturated rings. The molecular formula is C19H20O2. The maximum absolute atomic E-state index is 10.6. The number of hydrogen-bond donors (Lipinski definition) is 1. The summed E-state index contributed by atoms with van der Waals surface area (Å²) in [6.07, 6.45) is 0. The second-order valence-electron chi connectivity index (χ2n) is 5.43. The van der Waals surface area contributed by atoms with Crippen molar-refractivity contribution in [2.75, 3.05) is 7.11 Å². The van der Waals surface area contributed by atoms with E-state index in [1.165, 1.54) is 0 Å². The molecule has 2 heteroatoms. The normalized spacial score (nSPS) is 13.9. The average molecular weight is 280 g/mol. The Morgan fingerprint density at radius 1 is 0.905 bits per heavy atom. The van der Waals surface area contributed by atoms with Crippen molar-refractivity contribution >= 4 is 0 Å². The van der Waals surface area contributed by atoms with Gasteiger partial charge < -0.3 is 9.84 Å². The quantitative estimate of drug-likeness (QED) is 0.874. The van der Waals surface area contributed by atoms with Gasteiger partial charge in [0, 0.05) is 12.7 Å². The molecule has 2 rings (SSSR count). The molecule has 0 saturated heterocycles. The number of benzene rings is 2. The lowest BCUT2D eigenvalue weighted by molar-refractivity contribution is -0.121. The molecule has 0 spiro atoms. The third kappa shape index (κ3) is 3.16. The summed E-state index contributed by atoms with van der Waals surface area (Å²) in [5, 5.41) is 10.6. The monoisotopic (exact) mass is 280 g/mol. The van der Waals surface area contributed by atoms with Crippen LogP contribution in [0, 0.1) is 11.8 Å². The molecule has 1 N–H and O–H groups in total. The Morgan fingerprint density at radius 2 is 1.43 bits per heavy atom. The highest BCUT2D eigenvalue weighted by Crippen LogP contribution is 2.35. The summed E-state index contributed by atoms with van der Waals surface area (Å²) in [7, 11) is 1.57. The van der Waals surface area contributed by atoms with Gasteiger partial charge in [-0.1, -0.05) is 60.4 Å². The van der Waals surface area contributed by atoms with Gasteiger partial charge in [0.1, 0.15) is 5.60 Å². The first-order valence-electron chi connectivity index (χ1n) is 6.91. The molecule has 0 aliphatic carbocycles. The fourth-order valence-electron chi connectivity index (χ4n) is 2.35. The summed E-state index contributed by atoms with van der Waals surface area (Å²) < 4.78 is 5.69. The first-order chi connectivity index (χ1) is 9.99. The van der Waals surface area contributed by atoms with E-state index in [4.69, 9.17) is 4.74 Å². The maximum Gasteiger partial charge on any atom is 0.181 e. The van der Waals surface area contributed by atoms with Crippen molar-refractivity contribution in [2.24, 2.45) is 0 Å². The average Bonchev–Trinajstić information content (AvgIpc) is 2.49. The molecule has 0 bridgehead atoms. The van der Waals surface area contributed by atoms with Gasteiger partial charge in [-0.15, -0.1) is 0 Å². The molecule has 1 atom stereocenters. The van der Waals surface area contributed by atoms with Crippen molar-refractivity contribution in [3.63, 3.8) is 0 Å². The van der Waals surface area contributed by atoms with Crippen LogP contribution in [-0.2, 0) is 10.3 Å². The Hall–Kier alpha value is -2.08. The molecule has 0 saturated carbocycles. The number of hydrogen-bond acceptors (Lipinski definition) is 2. The number of aliphatic hydroxyl groups is 1. The largest absolute Gasteiger partial charge is 0.386 e. The Morgan fingerprint density at radius 3 is 1.90 bits per heavy atom. The van der Waals surface area contributed by atoms with Gasteiger partial charge in [0.15, 0.2) is 5.60 Å². The zero-order valence-electron chi connectivity index (χ0n) is 12.6. The van der Waals surface area contributed by atoms with Gasteiger partial charge in [-0.25, -0.2) is 0 Å². The van der Waals surface area contributed by atoms with Crippen molar-refractivity contribution < 1.29 is 9.84 Å². The second kappa shape index (κ2) is 6.13. The van der Waals surface area contributed by atoms with Crippen LogP contribution < -0.4 is 0 Å². The van der Waals surface area contributed by atoms with Crippen LogP contribution >= 0.6 is 0 Å². The van der Waals surface area contributed by atoms with E-state index in [1.807, 2.05) is 60.7 Å². The van der Waals surface area contributed by atoms with Crippen LogP contribution in [0.3, 0.4) is 0 Å². The van der Waals surface area contributed by atoms with Gasteiger partial charge in [-0.3, -0.25) is 0 Å². The zero-order chi connectivity index (χ0) is 15.3. The van der Waals surface area contributed by atoms with Gasteiger partial charge in [-0.05, 0) is 31.5 Å². The van der Waals surface area contributed by atoms with Gasteiger partial charge in [0.25, 0.3) is 0 Å². The van der Waals surface area contributed by atoms with Crippen molar-refractivity contribution in [1.82, 2.24) is 0 Å². The zero-order valence-corrected chi connectivity index (χ0v) is 12.6. The lowest BCUT2D eigenvalue weighted by Gasteiger charge is -2.38. The highest BCUT2D eigenvalue weighted by molar-refractivity contribution is 5.42. The molecule has 0 aliphatic rings. The highest BCUT2D eigenvalue weighted by Gasteiger charge is 2.44. The van der Waals surface area contributed by atoms with Crippen LogP contribution in [-0.4, -0.2) is 17.8 Å². The molecule has 21 heavy (non-hydrogen) atoms. The second-order valence-corrected chi connectivity index (χ2v) is 5.43. The molecule has 0 aromatic heterocycles. The van der Waals surface area contributed by atoms with Gasteiger partial charge in [-0.2, -0.15) is 0 Å². The van der Waals surface area contributed by atoms with Crippen LogP contribution in [0.2, 0.25) is 0 Å². The molecule has 0 radical (unpaired) electrons. The standard InChI is InChI=1S/C19H20O2/c1-18(2,20)19(21-3,17-12-8-5-9-13-17)15-14-16-10-6-4-7-11-16/h4-13,20H,1-3H3. The molecule has 2 aromatic rings. The predicted molar refractivity (Wildman–Crippen MR) is 84.7 cm³/mol. The van der Waals surface area contributed by atoms with E-state index < -0.39 is 11.2 Å². The summed E-state index contributed by atoms with van der Waals surface area (Å²) in [4.78, 5) is 0. The van der Waals surface area contributed by atoms with Crippen molar-refractivity contribution in [2.45, 2.75) is 25.0 Å². The first-order valence-corrected chi connectivity index (χ1v) is 6.91. The van der Waals surface area contributed by atoms with Crippen molar-refractivity contribution in [3.8, 4) is 11.8 Å². The highest BCUT2D eigenvalue weighted by atomic mass is 16.5. The van der Waals surface area contributed by atoms with E-state index >= 15 is 0 Å². The van der Waals surface area contributed by atoms with Crippen LogP contribution in [0.1, 0.15) is 25.0 Å². The van der Waals surface area contributed by atoms with E-state index in [0.29, 0.717) is 0 Å². The summed E-state index contributed by atoms with van der Waals surface area (Å²) in [6.45, 7) is 3.42. The topological polar surface area (TPSA) is 29.5 Å². The van der Waals surface area contributed by atoms with Crippen molar-refractivity contribution in [1.29, 1.82) is 0 Å². The Kier molecular flexibility index (Phi) is 4.47. The number of rotatable bonds is 3. The molecule has 2 nitrogen and oxygen atoms in total. The fourth-order valence-corrected chi connectivity index (χ4v) is 2.35. The lowest BCUT2D eigenvalue weighted by Crippen LogP contribution is -2.48. The predicted octanol–water partition coefficient (Wildman–Crippen LogP) is 3.35. The van der Waals surface area contributed by atoms with Crippen LogP contribution in [0.5, 0.6) is 0 Å².